The molecule has 0 saturated carbocycles. The highest BCUT2D eigenvalue weighted by molar-refractivity contribution is 5.61. The molecule has 3 rings (SSSR count). The van der Waals surface area contributed by atoms with Gasteiger partial charge in [-0.3, -0.25) is 4.68 Å². The predicted molar refractivity (Wildman–Crippen MR) is 94.3 cm³/mol. The topological polar surface area (TPSA) is 42.7 Å². The minimum absolute atomic E-state index is 0.233. The average Bonchev–Trinajstić information content (AvgIpc) is 3.04. The fourth-order valence-corrected chi connectivity index (χ4v) is 2.67. The zero-order valence-electron chi connectivity index (χ0n) is 15.1. The van der Waals surface area contributed by atoms with Crippen molar-refractivity contribution >= 4 is 5.82 Å². The van der Waals surface area contributed by atoms with Gasteiger partial charge in [-0.25, -0.2) is 18.2 Å². The molecular weight excluding hydrogens is 379 g/mol. The van der Waals surface area contributed by atoms with Gasteiger partial charge < -0.3 is 5.32 Å². The van der Waals surface area contributed by atoms with Crippen molar-refractivity contribution in [1.82, 2.24) is 14.8 Å². The van der Waals surface area contributed by atoms with Gasteiger partial charge in [-0.2, -0.15) is 13.9 Å². The van der Waals surface area contributed by atoms with Crippen LogP contribution in [0.25, 0.3) is 11.3 Å². The van der Waals surface area contributed by atoms with Crippen LogP contribution in [-0.4, -0.2) is 14.8 Å². The fraction of sp³-hybridized carbons (Fsp3) is 0.263. The number of nitrogens with one attached hydrogen (secondary N) is 1. The molecule has 1 N–H and O–H groups in total. The van der Waals surface area contributed by atoms with Crippen LogP contribution in [-0.2, 0) is 19.5 Å². The van der Waals surface area contributed by atoms with Crippen LogP contribution >= 0.6 is 0 Å². The molecule has 0 saturated heterocycles. The van der Waals surface area contributed by atoms with E-state index in [0.29, 0.717) is 29.2 Å². The summed E-state index contributed by atoms with van der Waals surface area (Å²) in [4.78, 5) is 4.12. The Bertz CT molecular complexity index is 959. The van der Waals surface area contributed by atoms with Crippen LogP contribution in [0.5, 0.6) is 0 Å². The normalized spacial score (nSPS) is 11.7. The monoisotopic (exact) mass is 396 g/mol. The lowest BCUT2D eigenvalue weighted by atomic mass is 10.1. The average molecular weight is 396 g/mol. The second-order valence-corrected chi connectivity index (χ2v) is 6.23. The van der Waals surface area contributed by atoms with Gasteiger partial charge in [0, 0.05) is 49.5 Å². The van der Waals surface area contributed by atoms with Gasteiger partial charge in [-0.15, -0.1) is 0 Å². The Labute approximate surface area is 158 Å². The summed E-state index contributed by atoms with van der Waals surface area (Å²) in [5.74, 6) is -5.70. The van der Waals surface area contributed by atoms with Crippen LogP contribution in [0.3, 0.4) is 0 Å². The third kappa shape index (κ3) is 3.97. The van der Waals surface area contributed by atoms with E-state index in [4.69, 9.17) is 0 Å². The van der Waals surface area contributed by atoms with Crippen molar-refractivity contribution in [2.24, 2.45) is 7.05 Å². The summed E-state index contributed by atoms with van der Waals surface area (Å²) in [6.45, 7) is 1.14. The van der Waals surface area contributed by atoms with E-state index in [-0.39, 0.29) is 24.2 Å². The van der Waals surface area contributed by atoms with Crippen LogP contribution in [0.1, 0.15) is 24.6 Å². The molecule has 4 nitrogen and oxygen atoms in total. The molecule has 0 aliphatic carbocycles. The molecule has 0 fully saturated rings. The molecule has 0 aliphatic heterocycles. The number of hydrogen-bond acceptors (Lipinski definition) is 3. The number of nitrogens with zero attached hydrogens (tertiary/aromatic N) is 3. The maximum absolute atomic E-state index is 13.8. The molecule has 148 valence electrons. The van der Waals surface area contributed by atoms with Crippen molar-refractivity contribution in [3.05, 3.63) is 65.2 Å². The number of alkyl halides is 2. The van der Waals surface area contributed by atoms with E-state index in [2.05, 4.69) is 15.4 Å². The molecule has 2 aromatic heterocycles. The van der Waals surface area contributed by atoms with Crippen LogP contribution in [0.4, 0.5) is 27.8 Å². The second-order valence-electron chi connectivity index (χ2n) is 6.23. The third-order valence-electron chi connectivity index (χ3n) is 4.31. The lowest BCUT2D eigenvalue weighted by Crippen LogP contribution is -2.12. The number of benzene rings is 1. The van der Waals surface area contributed by atoms with Crippen molar-refractivity contribution in [3.8, 4) is 11.3 Å². The van der Waals surface area contributed by atoms with E-state index in [9.17, 15) is 22.0 Å². The predicted octanol–water partition coefficient (Wildman–Crippen LogP) is 5.01. The van der Waals surface area contributed by atoms with Gasteiger partial charge in [0.2, 0.25) is 0 Å². The van der Waals surface area contributed by atoms with Crippen LogP contribution < -0.4 is 5.32 Å². The molecule has 1 aromatic carbocycles. The molecule has 2 heterocycles. The standard InChI is InChI=1S/C19H17F5N4/c1-3-19(23,24)17-8-16(28(2)27-17)11-4-5-18(25-9-11)26-10-13-14(21)6-12(20)7-15(13)22/h4-9H,3,10H2,1-2H3,(H,25,26). The molecule has 0 unspecified atom stereocenters. The van der Waals surface area contributed by atoms with Crippen LogP contribution in [0.2, 0.25) is 0 Å². The van der Waals surface area contributed by atoms with Crippen molar-refractivity contribution in [2.45, 2.75) is 25.8 Å². The van der Waals surface area contributed by atoms with Crippen molar-refractivity contribution in [3.63, 3.8) is 0 Å². The maximum Gasteiger partial charge on any atom is 0.291 e. The summed E-state index contributed by atoms with van der Waals surface area (Å²) in [5, 5.41) is 6.60. The summed E-state index contributed by atoms with van der Waals surface area (Å²) in [5.41, 5.74) is 0.373. The van der Waals surface area contributed by atoms with E-state index in [1.54, 1.807) is 19.2 Å². The quantitative estimate of drug-likeness (QED) is 0.596. The van der Waals surface area contributed by atoms with Gasteiger partial charge >= 0.3 is 0 Å². The first-order valence-electron chi connectivity index (χ1n) is 8.47. The number of halogens is 5. The zero-order valence-corrected chi connectivity index (χ0v) is 15.1. The minimum Gasteiger partial charge on any atom is -0.366 e. The Kier molecular flexibility index (Phi) is 5.35. The highest BCUT2D eigenvalue weighted by atomic mass is 19.3. The molecule has 0 aliphatic rings. The fourth-order valence-electron chi connectivity index (χ4n) is 2.67. The smallest absolute Gasteiger partial charge is 0.291 e. The number of aromatic nitrogens is 3. The number of hydrogen-bond donors (Lipinski definition) is 1. The Morgan fingerprint density at radius 2 is 1.75 bits per heavy atom. The summed E-state index contributed by atoms with van der Waals surface area (Å²) in [6.07, 6.45) is 1.08. The minimum atomic E-state index is -3.02. The van der Waals surface area contributed by atoms with E-state index >= 15 is 0 Å². The molecule has 9 heteroatoms. The highest BCUT2D eigenvalue weighted by Gasteiger charge is 2.32. The molecule has 0 bridgehead atoms. The SMILES string of the molecule is CCC(F)(F)c1cc(-c2ccc(NCc3c(F)cc(F)cc3F)nc2)n(C)n1. The van der Waals surface area contributed by atoms with Gasteiger partial charge in [0.05, 0.1) is 5.69 Å². The van der Waals surface area contributed by atoms with Crippen molar-refractivity contribution in [2.75, 3.05) is 5.32 Å². The zero-order chi connectivity index (χ0) is 20.5. The van der Waals surface area contributed by atoms with Gasteiger partial charge in [0.25, 0.3) is 5.92 Å². The van der Waals surface area contributed by atoms with Crippen LogP contribution in [0.15, 0.2) is 36.5 Å². The molecule has 0 amide bonds. The molecule has 0 spiro atoms. The highest BCUT2D eigenvalue weighted by Crippen LogP contribution is 2.33. The van der Waals surface area contributed by atoms with E-state index < -0.39 is 23.4 Å². The number of rotatable bonds is 6. The van der Waals surface area contributed by atoms with Gasteiger partial charge in [-0.05, 0) is 18.2 Å². The van der Waals surface area contributed by atoms with Crippen molar-refractivity contribution < 1.29 is 22.0 Å². The van der Waals surface area contributed by atoms with E-state index in [0.717, 1.165) is 0 Å². The number of anilines is 1. The largest absolute Gasteiger partial charge is 0.366 e. The van der Waals surface area contributed by atoms with Gasteiger partial charge in [0.1, 0.15) is 29.0 Å². The molecule has 0 atom stereocenters. The summed E-state index contributed by atoms with van der Waals surface area (Å²) in [6, 6.07) is 5.67. The van der Waals surface area contributed by atoms with E-state index in [1.807, 2.05) is 0 Å². The lowest BCUT2D eigenvalue weighted by molar-refractivity contribution is -0.0132. The molecule has 28 heavy (non-hydrogen) atoms. The Hall–Kier alpha value is -2.97. The third-order valence-corrected chi connectivity index (χ3v) is 4.31. The first-order chi connectivity index (χ1) is 13.2. The summed E-state index contributed by atoms with van der Waals surface area (Å²) < 4.78 is 69.2. The van der Waals surface area contributed by atoms with Crippen LogP contribution in [0, 0.1) is 17.5 Å². The summed E-state index contributed by atoms with van der Waals surface area (Å²) >= 11 is 0. The lowest BCUT2D eigenvalue weighted by Gasteiger charge is -2.09. The maximum atomic E-state index is 13.8. The number of pyridine rings is 1. The summed E-state index contributed by atoms with van der Waals surface area (Å²) in [7, 11) is 1.55. The first-order valence-corrected chi connectivity index (χ1v) is 8.47. The molecular formula is C19H17F5N4. The molecule has 3 aromatic rings. The number of aryl methyl sites for hydroxylation is 1. The van der Waals surface area contributed by atoms with Gasteiger partial charge in [-0.1, -0.05) is 6.92 Å². The Morgan fingerprint density at radius 3 is 2.32 bits per heavy atom. The van der Waals surface area contributed by atoms with Gasteiger partial charge in [0.15, 0.2) is 0 Å². The first kappa shape index (κ1) is 19.8. The Morgan fingerprint density at radius 1 is 1.07 bits per heavy atom. The molecule has 0 radical (unpaired) electrons. The Balaban J connectivity index is 1.76. The van der Waals surface area contributed by atoms with E-state index in [1.165, 1.54) is 23.9 Å². The second kappa shape index (κ2) is 7.57. The van der Waals surface area contributed by atoms with Crippen molar-refractivity contribution in [1.29, 1.82) is 0 Å².